The average Bonchev–Trinajstić information content (AvgIpc) is 2.54. The molecule has 0 aromatic heterocycles. The lowest BCUT2D eigenvalue weighted by atomic mass is 10.1. The maximum Gasteiger partial charge on any atom is 0.187 e. The Morgan fingerprint density at radius 1 is 1.09 bits per heavy atom. The van der Waals surface area contributed by atoms with E-state index in [-0.39, 0.29) is 0 Å². The molecule has 0 amide bonds. The molecular formula is C16H15Cl2N3S. The highest BCUT2D eigenvalue weighted by molar-refractivity contribution is 7.80. The summed E-state index contributed by atoms with van der Waals surface area (Å²) < 4.78 is 0. The van der Waals surface area contributed by atoms with Crippen LogP contribution in [0.5, 0.6) is 0 Å². The van der Waals surface area contributed by atoms with E-state index in [2.05, 4.69) is 15.8 Å². The maximum atomic E-state index is 5.99. The molecule has 2 rings (SSSR count). The number of rotatable bonds is 4. The molecule has 2 aromatic rings. The Bertz CT molecular complexity index is 687. The first-order valence-electron chi connectivity index (χ1n) is 6.64. The van der Waals surface area contributed by atoms with Crippen molar-refractivity contribution in [2.24, 2.45) is 5.10 Å². The molecule has 0 bridgehead atoms. The largest absolute Gasteiger partial charge is 0.357 e. The number of thiocarbonyl (C=S) groups is 1. The summed E-state index contributed by atoms with van der Waals surface area (Å²) in [7, 11) is 0. The molecule has 0 aliphatic rings. The second kappa shape index (κ2) is 8.13. The summed E-state index contributed by atoms with van der Waals surface area (Å²) in [5.74, 6) is 0. The second-order valence-electron chi connectivity index (χ2n) is 4.61. The van der Waals surface area contributed by atoms with Crippen molar-refractivity contribution in [3.05, 3.63) is 69.7 Å². The summed E-state index contributed by atoms with van der Waals surface area (Å²) in [5.41, 5.74) is 5.62. The van der Waals surface area contributed by atoms with Gasteiger partial charge in [-0.15, -0.1) is 0 Å². The minimum Gasteiger partial charge on any atom is -0.357 e. The highest BCUT2D eigenvalue weighted by atomic mass is 35.5. The summed E-state index contributed by atoms with van der Waals surface area (Å²) in [5, 5.41) is 8.81. The number of hydrogen-bond acceptors (Lipinski definition) is 2. The van der Waals surface area contributed by atoms with Gasteiger partial charge in [0.15, 0.2) is 5.11 Å². The van der Waals surface area contributed by atoms with E-state index in [0.29, 0.717) is 21.7 Å². The summed E-state index contributed by atoms with van der Waals surface area (Å²) in [6.07, 6.45) is 0. The van der Waals surface area contributed by atoms with Crippen LogP contribution in [0.3, 0.4) is 0 Å². The van der Waals surface area contributed by atoms with Gasteiger partial charge >= 0.3 is 0 Å². The van der Waals surface area contributed by atoms with Crippen LogP contribution in [0.25, 0.3) is 0 Å². The van der Waals surface area contributed by atoms with Gasteiger partial charge in [-0.05, 0) is 42.4 Å². The van der Waals surface area contributed by atoms with Gasteiger partial charge in [0, 0.05) is 6.54 Å². The smallest absolute Gasteiger partial charge is 0.187 e. The van der Waals surface area contributed by atoms with Crippen molar-refractivity contribution < 1.29 is 0 Å². The van der Waals surface area contributed by atoms with E-state index in [4.69, 9.17) is 35.4 Å². The van der Waals surface area contributed by atoms with Gasteiger partial charge in [-0.3, -0.25) is 5.43 Å². The van der Waals surface area contributed by atoms with Crippen molar-refractivity contribution in [3.63, 3.8) is 0 Å². The Balaban J connectivity index is 1.90. The minimum atomic E-state index is 0.461. The molecule has 0 radical (unpaired) electrons. The molecule has 114 valence electrons. The molecule has 2 N–H and O–H groups in total. The van der Waals surface area contributed by atoms with Crippen LogP contribution >= 0.6 is 35.4 Å². The second-order valence-corrected chi connectivity index (χ2v) is 5.83. The van der Waals surface area contributed by atoms with Crippen molar-refractivity contribution in [1.29, 1.82) is 0 Å². The zero-order valence-electron chi connectivity index (χ0n) is 11.9. The summed E-state index contributed by atoms with van der Waals surface area (Å²) >= 11 is 17.1. The quantitative estimate of drug-likeness (QED) is 0.487. The molecule has 0 aliphatic heterocycles. The standard InChI is InChI=1S/C16H15Cl2N3S/c1-11(13-7-8-14(17)15(18)9-13)20-21-16(22)19-10-12-5-3-2-4-6-12/h2-9H,10H2,1H3,(H2,19,21,22)/b20-11+. The van der Waals surface area contributed by atoms with E-state index >= 15 is 0 Å². The normalized spacial score (nSPS) is 11.1. The Hall–Kier alpha value is -1.62. The van der Waals surface area contributed by atoms with Gasteiger partial charge in [0.1, 0.15) is 0 Å². The van der Waals surface area contributed by atoms with Crippen LogP contribution in [0.4, 0.5) is 0 Å². The molecule has 0 saturated carbocycles. The van der Waals surface area contributed by atoms with Crippen LogP contribution in [0.15, 0.2) is 53.6 Å². The fraction of sp³-hybridized carbons (Fsp3) is 0.125. The van der Waals surface area contributed by atoms with E-state index < -0.39 is 0 Å². The molecule has 0 spiro atoms. The van der Waals surface area contributed by atoms with Crippen LogP contribution in [0, 0.1) is 0 Å². The number of hydrazone groups is 1. The lowest BCUT2D eigenvalue weighted by Crippen LogP contribution is -2.32. The van der Waals surface area contributed by atoms with Gasteiger partial charge < -0.3 is 5.32 Å². The zero-order chi connectivity index (χ0) is 15.9. The van der Waals surface area contributed by atoms with Gasteiger partial charge in [-0.25, -0.2) is 0 Å². The molecule has 0 unspecified atom stereocenters. The van der Waals surface area contributed by atoms with Crippen LogP contribution in [-0.2, 0) is 6.54 Å². The third-order valence-electron chi connectivity index (χ3n) is 2.96. The Morgan fingerprint density at radius 3 is 2.50 bits per heavy atom. The van der Waals surface area contributed by atoms with Crippen LogP contribution in [0.1, 0.15) is 18.1 Å². The number of benzene rings is 2. The molecule has 2 aromatic carbocycles. The van der Waals surface area contributed by atoms with Gasteiger partial charge in [-0.1, -0.05) is 59.6 Å². The molecule has 0 aliphatic carbocycles. The Morgan fingerprint density at radius 2 is 1.82 bits per heavy atom. The third-order valence-corrected chi connectivity index (χ3v) is 3.93. The molecule has 0 fully saturated rings. The number of nitrogens with one attached hydrogen (secondary N) is 2. The molecule has 3 nitrogen and oxygen atoms in total. The minimum absolute atomic E-state index is 0.461. The first kappa shape index (κ1) is 16.7. The predicted molar refractivity (Wildman–Crippen MR) is 97.7 cm³/mol. The molecular weight excluding hydrogens is 337 g/mol. The average molecular weight is 352 g/mol. The van der Waals surface area contributed by atoms with Crippen molar-refractivity contribution >= 4 is 46.2 Å². The van der Waals surface area contributed by atoms with E-state index in [1.807, 2.05) is 43.3 Å². The van der Waals surface area contributed by atoms with Crippen LogP contribution < -0.4 is 10.7 Å². The topological polar surface area (TPSA) is 36.4 Å². The highest BCUT2D eigenvalue weighted by Gasteiger charge is 2.03. The fourth-order valence-corrected chi connectivity index (χ4v) is 2.15. The maximum absolute atomic E-state index is 5.99. The van der Waals surface area contributed by atoms with Crippen molar-refractivity contribution in [3.8, 4) is 0 Å². The Labute approximate surface area is 145 Å². The number of halogens is 2. The van der Waals surface area contributed by atoms with Crippen LogP contribution in [-0.4, -0.2) is 10.8 Å². The molecule has 0 atom stereocenters. The number of nitrogens with zero attached hydrogens (tertiary/aromatic N) is 1. The monoisotopic (exact) mass is 351 g/mol. The summed E-state index contributed by atoms with van der Waals surface area (Å²) in [6.45, 7) is 2.51. The molecule has 6 heteroatoms. The van der Waals surface area contributed by atoms with Gasteiger partial charge in [0.25, 0.3) is 0 Å². The molecule has 0 saturated heterocycles. The Kier molecular flexibility index (Phi) is 6.19. The van der Waals surface area contributed by atoms with E-state index in [1.54, 1.807) is 12.1 Å². The van der Waals surface area contributed by atoms with Crippen molar-refractivity contribution in [1.82, 2.24) is 10.7 Å². The molecule has 0 heterocycles. The van der Waals surface area contributed by atoms with E-state index in [0.717, 1.165) is 16.8 Å². The van der Waals surface area contributed by atoms with Gasteiger partial charge in [-0.2, -0.15) is 5.10 Å². The van der Waals surface area contributed by atoms with E-state index in [9.17, 15) is 0 Å². The van der Waals surface area contributed by atoms with E-state index in [1.165, 1.54) is 0 Å². The fourth-order valence-electron chi connectivity index (χ4n) is 1.74. The SMILES string of the molecule is C/C(=N\NC(=S)NCc1ccccc1)c1ccc(Cl)c(Cl)c1. The zero-order valence-corrected chi connectivity index (χ0v) is 14.3. The van der Waals surface area contributed by atoms with Crippen LogP contribution in [0.2, 0.25) is 10.0 Å². The lowest BCUT2D eigenvalue weighted by molar-refractivity contribution is 0.866. The highest BCUT2D eigenvalue weighted by Crippen LogP contribution is 2.22. The lowest BCUT2D eigenvalue weighted by Gasteiger charge is -2.08. The third kappa shape index (κ3) is 4.98. The first-order valence-corrected chi connectivity index (χ1v) is 7.80. The van der Waals surface area contributed by atoms with Gasteiger partial charge in [0.2, 0.25) is 0 Å². The van der Waals surface area contributed by atoms with Gasteiger partial charge in [0.05, 0.1) is 15.8 Å². The predicted octanol–water partition coefficient (Wildman–Crippen LogP) is 4.38. The van der Waals surface area contributed by atoms with Crippen molar-refractivity contribution in [2.45, 2.75) is 13.5 Å². The molecule has 22 heavy (non-hydrogen) atoms. The summed E-state index contributed by atoms with van der Waals surface area (Å²) in [4.78, 5) is 0. The first-order chi connectivity index (χ1) is 10.6. The number of hydrogen-bond donors (Lipinski definition) is 2. The summed E-state index contributed by atoms with van der Waals surface area (Å²) in [6, 6.07) is 15.4. The van der Waals surface area contributed by atoms with Crippen molar-refractivity contribution in [2.75, 3.05) is 0 Å².